The molecule has 0 fully saturated rings. The molecule has 0 atom stereocenters. The molecule has 4 aromatic rings. The summed E-state index contributed by atoms with van der Waals surface area (Å²) in [6, 6.07) is 23.2. The smallest absolute Gasteiger partial charge is 0.343 e. The van der Waals surface area contributed by atoms with Crippen molar-refractivity contribution in [2.24, 2.45) is 0 Å². The number of carbonyl (C=O) groups is 3. The first kappa shape index (κ1) is 26.7. The zero-order valence-corrected chi connectivity index (χ0v) is 21.3. The van der Waals surface area contributed by atoms with Gasteiger partial charge in [-0.2, -0.15) is 0 Å². The molecule has 9 heteroatoms. The summed E-state index contributed by atoms with van der Waals surface area (Å²) in [6.07, 6.45) is 0. The first-order valence-corrected chi connectivity index (χ1v) is 11.6. The average Bonchev–Trinajstić information content (AvgIpc) is 2.97. The monoisotopic (exact) mass is 528 g/mol. The number of hydrogen-bond acceptors (Lipinski definition) is 9. The Morgan fingerprint density at radius 1 is 0.410 bits per heavy atom. The third-order valence-electron chi connectivity index (χ3n) is 5.40. The lowest BCUT2D eigenvalue weighted by Gasteiger charge is -2.12. The Hall–Kier alpha value is -5.31. The van der Waals surface area contributed by atoms with E-state index in [1.165, 1.54) is 57.7 Å². The SMILES string of the molecule is COc1cccc(C(=O)Oc2cc(OC(=O)c3cccc(OC)c3)cc(OC(=O)c3cccc(OC)c3)c2)c1. The molecule has 4 aromatic carbocycles. The van der Waals surface area contributed by atoms with Crippen molar-refractivity contribution in [3.8, 4) is 34.5 Å². The molecule has 0 aliphatic rings. The van der Waals surface area contributed by atoms with Crippen LogP contribution in [0.2, 0.25) is 0 Å². The number of benzene rings is 4. The highest BCUT2D eigenvalue weighted by molar-refractivity contribution is 5.93. The Bertz CT molecular complexity index is 1320. The van der Waals surface area contributed by atoms with Crippen molar-refractivity contribution in [1.82, 2.24) is 0 Å². The van der Waals surface area contributed by atoms with E-state index in [4.69, 9.17) is 28.4 Å². The van der Waals surface area contributed by atoms with E-state index in [1.807, 2.05) is 0 Å². The molecule has 4 rings (SSSR count). The van der Waals surface area contributed by atoms with Crippen molar-refractivity contribution in [2.45, 2.75) is 0 Å². The summed E-state index contributed by atoms with van der Waals surface area (Å²) in [5.74, 6) is -0.748. The van der Waals surface area contributed by atoms with Gasteiger partial charge in [-0.3, -0.25) is 0 Å². The highest BCUT2D eigenvalue weighted by Crippen LogP contribution is 2.30. The van der Waals surface area contributed by atoms with Gasteiger partial charge < -0.3 is 28.4 Å². The third kappa shape index (κ3) is 6.92. The molecule has 0 N–H and O–H groups in total. The minimum Gasteiger partial charge on any atom is -0.497 e. The highest BCUT2D eigenvalue weighted by atomic mass is 16.6. The third-order valence-corrected chi connectivity index (χ3v) is 5.40. The maximum atomic E-state index is 12.8. The molecule has 0 amide bonds. The topological polar surface area (TPSA) is 107 Å². The summed E-state index contributed by atoms with van der Waals surface area (Å²) in [5, 5.41) is 0. The van der Waals surface area contributed by atoms with E-state index in [0.29, 0.717) is 17.2 Å². The van der Waals surface area contributed by atoms with Crippen LogP contribution in [0.5, 0.6) is 34.5 Å². The number of hydrogen-bond donors (Lipinski definition) is 0. The zero-order chi connectivity index (χ0) is 27.8. The molecule has 198 valence electrons. The Morgan fingerprint density at radius 2 is 0.692 bits per heavy atom. The zero-order valence-electron chi connectivity index (χ0n) is 21.3. The number of rotatable bonds is 9. The first-order chi connectivity index (χ1) is 18.9. The lowest BCUT2D eigenvalue weighted by atomic mass is 10.2. The average molecular weight is 529 g/mol. The van der Waals surface area contributed by atoms with Gasteiger partial charge in [-0.25, -0.2) is 14.4 Å². The molecule has 0 aromatic heterocycles. The van der Waals surface area contributed by atoms with Crippen molar-refractivity contribution in [2.75, 3.05) is 21.3 Å². The highest BCUT2D eigenvalue weighted by Gasteiger charge is 2.17. The Kier molecular flexibility index (Phi) is 8.43. The summed E-state index contributed by atoms with van der Waals surface area (Å²) >= 11 is 0. The Labute approximate surface area is 224 Å². The second kappa shape index (κ2) is 12.3. The van der Waals surface area contributed by atoms with Crippen molar-refractivity contribution in [3.63, 3.8) is 0 Å². The van der Waals surface area contributed by atoms with E-state index in [1.54, 1.807) is 54.6 Å². The Morgan fingerprint density at radius 3 is 0.949 bits per heavy atom. The van der Waals surface area contributed by atoms with Crippen LogP contribution < -0.4 is 28.4 Å². The molecule has 39 heavy (non-hydrogen) atoms. The largest absolute Gasteiger partial charge is 0.497 e. The van der Waals surface area contributed by atoms with E-state index in [2.05, 4.69) is 0 Å². The second-order valence-corrected chi connectivity index (χ2v) is 8.00. The summed E-state index contributed by atoms with van der Waals surface area (Å²) in [6.45, 7) is 0. The van der Waals surface area contributed by atoms with Gasteiger partial charge in [0.2, 0.25) is 0 Å². The van der Waals surface area contributed by atoms with Crippen LogP contribution in [0, 0.1) is 0 Å². The second-order valence-electron chi connectivity index (χ2n) is 8.00. The Balaban J connectivity index is 1.63. The van der Waals surface area contributed by atoms with E-state index >= 15 is 0 Å². The number of esters is 3. The van der Waals surface area contributed by atoms with Gasteiger partial charge in [0, 0.05) is 18.2 Å². The van der Waals surface area contributed by atoms with Crippen LogP contribution in [-0.4, -0.2) is 39.2 Å². The molecule has 0 bridgehead atoms. The molecular weight excluding hydrogens is 504 g/mol. The standard InChI is InChI=1S/C30H24O9/c1-34-22-10-4-7-19(13-22)28(31)37-25-16-26(38-29(32)20-8-5-11-23(14-20)35-2)18-27(17-25)39-30(33)21-9-6-12-24(15-21)36-3/h4-18H,1-3H3. The van der Waals surface area contributed by atoms with Gasteiger partial charge in [-0.1, -0.05) is 18.2 Å². The van der Waals surface area contributed by atoms with Crippen LogP contribution in [0.4, 0.5) is 0 Å². The quantitative estimate of drug-likeness (QED) is 0.209. The van der Waals surface area contributed by atoms with Crippen molar-refractivity contribution < 1.29 is 42.8 Å². The predicted molar refractivity (Wildman–Crippen MR) is 140 cm³/mol. The molecule has 0 radical (unpaired) electrons. The van der Waals surface area contributed by atoms with Gasteiger partial charge in [0.05, 0.1) is 38.0 Å². The van der Waals surface area contributed by atoms with Crippen LogP contribution in [0.3, 0.4) is 0 Å². The molecule has 0 unspecified atom stereocenters. The molecule has 0 saturated heterocycles. The normalized spacial score (nSPS) is 10.2. The van der Waals surface area contributed by atoms with Crippen molar-refractivity contribution in [3.05, 3.63) is 108 Å². The number of carbonyl (C=O) groups excluding carboxylic acids is 3. The van der Waals surface area contributed by atoms with Gasteiger partial charge >= 0.3 is 17.9 Å². The molecule has 0 spiro atoms. The number of ether oxygens (including phenoxy) is 6. The van der Waals surface area contributed by atoms with Crippen LogP contribution in [0.1, 0.15) is 31.1 Å². The molecule has 9 nitrogen and oxygen atoms in total. The molecular formula is C30H24O9. The van der Waals surface area contributed by atoms with Crippen LogP contribution in [0.25, 0.3) is 0 Å². The van der Waals surface area contributed by atoms with Gasteiger partial charge in [0.15, 0.2) is 0 Å². The van der Waals surface area contributed by atoms with E-state index in [9.17, 15) is 14.4 Å². The van der Waals surface area contributed by atoms with Gasteiger partial charge in [-0.15, -0.1) is 0 Å². The lowest BCUT2D eigenvalue weighted by molar-refractivity contribution is 0.0730. The maximum absolute atomic E-state index is 12.8. The minimum absolute atomic E-state index is 0.0211. The molecule has 0 aliphatic carbocycles. The van der Waals surface area contributed by atoms with Crippen molar-refractivity contribution >= 4 is 17.9 Å². The fourth-order valence-electron chi connectivity index (χ4n) is 3.47. The fraction of sp³-hybridized carbons (Fsp3) is 0.100. The molecule has 0 saturated carbocycles. The minimum atomic E-state index is -0.699. The summed E-state index contributed by atoms with van der Waals surface area (Å²) in [7, 11) is 4.44. The fourth-order valence-corrected chi connectivity index (χ4v) is 3.47. The molecule has 0 aliphatic heterocycles. The lowest BCUT2D eigenvalue weighted by Crippen LogP contribution is -2.12. The van der Waals surface area contributed by atoms with Crippen LogP contribution >= 0.6 is 0 Å². The van der Waals surface area contributed by atoms with E-state index in [-0.39, 0.29) is 33.9 Å². The maximum Gasteiger partial charge on any atom is 0.343 e. The van der Waals surface area contributed by atoms with Gasteiger partial charge in [0.1, 0.15) is 34.5 Å². The first-order valence-electron chi connectivity index (χ1n) is 11.6. The summed E-state index contributed by atoms with van der Waals surface area (Å²) in [4.78, 5) is 38.4. The van der Waals surface area contributed by atoms with E-state index < -0.39 is 17.9 Å². The van der Waals surface area contributed by atoms with Crippen LogP contribution in [-0.2, 0) is 0 Å². The van der Waals surface area contributed by atoms with Gasteiger partial charge in [0.25, 0.3) is 0 Å². The summed E-state index contributed by atoms with van der Waals surface area (Å²) in [5.41, 5.74) is 0.675. The molecule has 0 heterocycles. The van der Waals surface area contributed by atoms with Crippen molar-refractivity contribution in [1.29, 1.82) is 0 Å². The number of methoxy groups -OCH3 is 3. The van der Waals surface area contributed by atoms with E-state index in [0.717, 1.165) is 0 Å². The van der Waals surface area contributed by atoms with Gasteiger partial charge in [-0.05, 0) is 54.6 Å². The predicted octanol–water partition coefficient (Wildman–Crippen LogP) is 5.37. The summed E-state index contributed by atoms with van der Waals surface area (Å²) < 4.78 is 32.0. The van der Waals surface area contributed by atoms with Crippen LogP contribution in [0.15, 0.2) is 91.0 Å².